The standard InChI is InChI=1S/C16H12ClN5OS2/c1-10-2-7-14(23-10)15-18-12(8-24-15)9-25-16-19-20-21-22(16)13-5-3-11(17)4-6-13/h2-8H,9H2,1H3. The number of tetrazole rings is 1. The Kier molecular flexibility index (Phi) is 4.56. The molecule has 0 fully saturated rings. The van der Waals surface area contributed by atoms with Gasteiger partial charge in [0.25, 0.3) is 0 Å². The highest BCUT2D eigenvalue weighted by Crippen LogP contribution is 2.29. The molecular weight excluding hydrogens is 378 g/mol. The van der Waals surface area contributed by atoms with Crippen LogP contribution in [0.2, 0.25) is 5.02 Å². The first kappa shape index (κ1) is 16.3. The Morgan fingerprint density at radius 3 is 2.80 bits per heavy atom. The molecule has 0 unspecified atom stereocenters. The number of hydrogen-bond donors (Lipinski definition) is 0. The molecule has 4 rings (SSSR count). The summed E-state index contributed by atoms with van der Waals surface area (Å²) in [5.41, 5.74) is 1.83. The van der Waals surface area contributed by atoms with Gasteiger partial charge in [-0.1, -0.05) is 23.4 Å². The average Bonchev–Trinajstić information content (AvgIpc) is 3.33. The van der Waals surface area contributed by atoms with Crippen LogP contribution in [0.5, 0.6) is 0 Å². The molecule has 0 saturated heterocycles. The monoisotopic (exact) mass is 389 g/mol. The highest BCUT2D eigenvalue weighted by Gasteiger charge is 2.12. The molecule has 0 radical (unpaired) electrons. The van der Waals surface area contributed by atoms with E-state index in [2.05, 4.69) is 20.5 Å². The lowest BCUT2D eigenvalue weighted by Gasteiger charge is -2.03. The molecule has 1 aromatic carbocycles. The molecule has 3 heterocycles. The zero-order valence-electron chi connectivity index (χ0n) is 13.1. The number of rotatable bonds is 5. The van der Waals surface area contributed by atoms with E-state index in [9.17, 15) is 0 Å². The van der Waals surface area contributed by atoms with Gasteiger partial charge in [-0.3, -0.25) is 0 Å². The van der Waals surface area contributed by atoms with E-state index in [-0.39, 0.29) is 0 Å². The number of nitrogens with zero attached hydrogens (tertiary/aromatic N) is 5. The minimum atomic E-state index is 0.671. The van der Waals surface area contributed by atoms with Crippen LogP contribution in [-0.4, -0.2) is 25.2 Å². The van der Waals surface area contributed by atoms with E-state index >= 15 is 0 Å². The molecule has 25 heavy (non-hydrogen) atoms. The van der Waals surface area contributed by atoms with Gasteiger partial charge in [-0.15, -0.1) is 16.4 Å². The third-order valence-corrected chi connectivity index (χ3v) is 5.47. The van der Waals surface area contributed by atoms with Crippen molar-refractivity contribution in [3.8, 4) is 16.5 Å². The van der Waals surface area contributed by atoms with E-state index in [1.54, 1.807) is 16.0 Å². The number of thiazole rings is 1. The summed E-state index contributed by atoms with van der Waals surface area (Å²) in [5.74, 6) is 2.34. The van der Waals surface area contributed by atoms with E-state index in [0.29, 0.717) is 15.9 Å². The smallest absolute Gasteiger partial charge is 0.214 e. The van der Waals surface area contributed by atoms with Gasteiger partial charge in [0.15, 0.2) is 10.8 Å². The number of halogens is 1. The maximum Gasteiger partial charge on any atom is 0.214 e. The first-order chi connectivity index (χ1) is 12.2. The summed E-state index contributed by atoms with van der Waals surface area (Å²) >= 11 is 9.02. The van der Waals surface area contributed by atoms with Crippen LogP contribution in [0.1, 0.15) is 11.5 Å². The van der Waals surface area contributed by atoms with Gasteiger partial charge in [0.2, 0.25) is 5.16 Å². The molecule has 0 aliphatic carbocycles. The lowest BCUT2D eigenvalue weighted by Crippen LogP contribution is -1.98. The molecule has 3 aromatic heterocycles. The van der Waals surface area contributed by atoms with Crippen LogP contribution >= 0.6 is 34.7 Å². The number of aromatic nitrogens is 5. The van der Waals surface area contributed by atoms with Crippen molar-refractivity contribution >= 4 is 34.7 Å². The Hall–Kier alpha value is -2.16. The van der Waals surface area contributed by atoms with Gasteiger partial charge < -0.3 is 4.42 Å². The third-order valence-electron chi connectivity index (χ3n) is 3.36. The number of furan rings is 1. The summed E-state index contributed by atoms with van der Waals surface area (Å²) in [6.45, 7) is 1.92. The number of benzene rings is 1. The van der Waals surface area contributed by atoms with Gasteiger partial charge in [-0.05, 0) is 53.7 Å². The van der Waals surface area contributed by atoms with E-state index in [0.717, 1.165) is 27.9 Å². The molecule has 0 aliphatic heterocycles. The fourth-order valence-corrected chi connectivity index (χ4v) is 3.98. The van der Waals surface area contributed by atoms with Crippen molar-refractivity contribution in [1.82, 2.24) is 25.2 Å². The SMILES string of the molecule is Cc1ccc(-c2nc(CSc3nnnn3-c3ccc(Cl)cc3)cs2)o1. The average molecular weight is 390 g/mol. The van der Waals surface area contributed by atoms with Crippen molar-refractivity contribution in [1.29, 1.82) is 0 Å². The van der Waals surface area contributed by atoms with Crippen LogP contribution in [0.4, 0.5) is 0 Å². The van der Waals surface area contributed by atoms with Crippen molar-refractivity contribution in [2.75, 3.05) is 0 Å². The van der Waals surface area contributed by atoms with Crippen LogP contribution in [0.15, 0.2) is 51.4 Å². The Bertz CT molecular complexity index is 992. The fourth-order valence-electron chi connectivity index (χ4n) is 2.19. The third kappa shape index (κ3) is 3.60. The molecule has 0 amide bonds. The number of thioether (sulfide) groups is 1. The Balaban J connectivity index is 1.48. The van der Waals surface area contributed by atoms with Crippen molar-refractivity contribution in [2.24, 2.45) is 0 Å². The molecule has 4 aromatic rings. The first-order valence-electron chi connectivity index (χ1n) is 7.37. The van der Waals surface area contributed by atoms with Crippen LogP contribution in [0.25, 0.3) is 16.5 Å². The minimum absolute atomic E-state index is 0.671. The zero-order chi connectivity index (χ0) is 17.2. The van der Waals surface area contributed by atoms with Crippen molar-refractivity contribution in [2.45, 2.75) is 17.8 Å². The van der Waals surface area contributed by atoms with Crippen molar-refractivity contribution < 1.29 is 4.42 Å². The molecule has 9 heteroatoms. The fraction of sp³-hybridized carbons (Fsp3) is 0.125. The Morgan fingerprint density at radius 2 is 2.04 bits per heavy atom. The summed E-state index contributed by atoms with van der Waals surface area (Å²) in [5, 5.41) is 16.2. The zero-order valence-corrected chi connectivity index (χ0v) is 15.5. The largest absolute Gasteiger partial charge is 0.459 e. The first-order valence-corrected chi connectivity index (χ1v) is 9.62. The second kappa shape index (κ2) is 6.99. The molecular formula is C16H12ClN5OS2. The molecule has 6 nitrogen and oxygen atoms in total. The molecule has 0 N–H and O–H groups in total. The summed E-state index contributed by atoms with van der Waals surface area (Å²) < 4.78 is 7.30. The molecule has 0 atom stereocenters. The predicted molar refractivity (Wildman–Crippen MR) is 98.3 cm³/mol. The lowest BCUT2D eigenvalue weighted by atomic mass is 10.3. The summed E-state index contributed by atoms with van der Waals surface area (Å²) in [4.78, 5) is 4.62. The van der Waals surface area contributed by atoms with Crippen molar-refractivity contribution in [3.63, 3.8) is 0 Å². The van der Waals surface area contributed by atoms with Gasteiger partial charge in [-0.2, -0.15) is 4.68 Å². The molecule has 0 saturated carbocycles. The van der Waals surface area contributed by atoms with Gasteiger partial charge in [0, 0.05) is 16.2 Å². The van der Waals surface area contributed by atoms with Gasteiger partial charge in [0.05, 0.1) is 11.4 Å². The van der Waals surface area contributed by atoms with E-state index < -0.39 is 0 Å². The molecule has 0 spiro atoms. The van der Waals surface area contributed by atoms with Crippen molar-refractivity contribution in [3.05, 3.63) is 58.3 Å². The van der Waals surface area contributed by atoms with Gasteiger partial charge in [-0.25, -0.2) is 4.98 Å². The van der Waals surface area contributed by atoms with Gasteiger partial charge in [0.1, 0.15) is 5.76 Å². The maximum atomic E-state index is 5.93. The minimum Gasteiger partial charge on any atom is -0.459 e. The number of aryl methyl sites for hydroxylation is 1. The highest BCUT2D eigenvalue weighted by molar-refractivity contribution is 7.98. The second-order valence-corrected chi connectivity index (χ2v) is 7.43. The summed E-state index contributed by atoms with van der Waals surface area (Å²) in [7, 11) is 0. The number of hydrogen-bond acceptors (Lipinski definition) is 7. The normalized spacial score (nSPS) is 11.1. The highest BCUT2D eigenvalue weighted by atomic mass is 35.5. The second-order valence-electron chi connectivity index (χ2n) is 5.19. The van der Waals surface area contributed by atoms with Crippen LogP contribution in [-0.2, 0) is 5.75 Å². The maximum absolute atomic E-state index is 5.93. The molecule has 126 valence electrons. The topological polar surface area (TPSA) is 69.6 Å². The van der Waals surface area contributed by atoms with Crippen LogP contribution < -0.4 is 0 Å². The molecule has 0 bridgehead atoms. The summed E-state index contributed by atoms with van der Waals surface area (Å²) in [6, 6.07) is 11.2. The van der Waals surface area contributed by atoms with E-state index in [1.165, 1.54) is 11.8 Å². The quantitative estimate of drug-likeness (QED) is 0.463. The predicted octanol–water partition coefficient (Wildman–Crippen LogP) is 4.63. The van der Waals surface area contributed by atoms with E-state index in [4.69, 9.17) is 16.0 Å². The van der Waals surface area contributed by atoms with Crippen LogP contribution in [0.3, 0.4) is 0 Å². The van der Waals surface area contributed by atoms with Gasteiger partial charge >= 0.3 is 0 Å². The van der Waals surface area contributed by atoms with Crippen LogP contribution in [0, 0.1) is 6.92 Å². The Morgan fingerprint density at radius 1 is 1.20 bits per heavy atom. The molecule has 0 aliphatic rings. The summed E-state index contributed by atoms with van der Waals surface area (Å²) in [6.07, 6.45) is 0. The van der Waals surface area contributed by atoms with E-state index in [1.807, 2.05) is 48.7 Å². The lowest BCUT2D eigenvalue weighted by molar-refractivity contribution is 0.548. The Labute approximate surface area is 156 Å².